The monoisotopic (exact) mass is 456 g/mol. The van der Waals surface area contributed by atoms with E-state index in [-0.39, 0.29) is 30.0 Å². The number of methoxy groups -OCH3 is 1. The van der Waals surface area contributed by atoms with E-state index in [2.05, 4.69) is 15.0 Å². The first kappa shape index (κ1) is 23.7. The topological polar surface area (TPSA) is 104 Å². The van der Waals surface area contributed by atoms with Crippen molar-refractivity contribution in [1.82, 2.24) is 14.1 Å². The molecule has 174 valence electrons. The maximum Gasteiger partial charge on any atom is 0.355 e. The highest BCUT2D eigenvalue weighted by Crippen LogP contribution is 2.24. The molecule has 1 heterocycles. The van der Waals surface area contributed by atoms with Gasteiger partial charge in [-0.3, -0.25) is 9.36 Å². The summed E-state index contributed by atoms with van der Waals surface area (Å²) in [7, 11) is 1.16. The molecule has 0 aliphatic carbocycles. The number of ether oxygens (including phenoxy) is 2. The average molecular weight is 456 g/mol. The van der Waals surface area contributed by atoms with E-state index in [4.69, 9.17) is 4.74 Å². The summed E-state index contributed by atoms with van der Waals surface area (Å²) in [5.41, 5.74) is 0.371. The quantitative estimate of drug-likeness (QED) is 0.520. The molecule has 9 nitrogen and oxygen atoms in total. The van der Waals surface area contributed by atoms with Crippen molar-refractivity contribution < 1.29 is 18.7 Å². The third kappa shape index (κ3) is 5.85. The average Bonchev–Trinajstić information content (AvgIpc) is 2.76. The molecule has 1 N–H and O–H groups in total. The number of benzene rings is 2. The van der Waals surface area contributed by atoms with E-state index in [0.29, 0.717) is 4.57 Å². The van der Waals surface area contributed by atoms with Gasteiger partial charge in [-0.05, 0) is 38.5 Å². The van der Waals surface area contributed by atoms with E-state index in [0.717, 1.165) is 18.2 Å². The third-order valence-electron chi connectivity index (χ3n) is 4.68. The zero-order valence-corrected chi connectivity index (χ0v) is 18.8. The summed E-state index contributed by atoms with van der Waals surface area (Å²) in [5, 5.41) is 2.83. The fraction of sp³-hybridized carbons (Fsp3) is 0.304. The van der Waals surface area contributed by atoms with Gasteiger partial charge in [0.1, 0.15) is 6.54 Å². The summed E-state index contributed by atoms with van der Waals surface area (Å²) >= 11 is 0. The third-order valence-corrected chi connectivity index (χ3v) is 4.68. The highest BCUT2D eigenvalue weighted by Gasteiger charge is 2.17. The van der Waals surface area contributed by atoms with Gasteiger partial charge in [0.15, 0.2) is 11.6 Å². The van der Waals surface area contributed by atoms with Gasteiger partial charge in [-0.25, -0.2) is 18.5 Å². The van der Waals surface area contributed by atoms with Crippen LogP contribution in [0.15, 0.2) is 52.1 Å². The van der Waals surface area contributed by atoms with Crippen LogP contribution in [-0.4, -0.2) is 33.3 Å². The van der Waals surface area contributed by atoms with E-state index in [1.54, 1.807) is 19.9 Å². The number of nitrogens with zero attached hydrogens (tertiary/aromatic N) is 3. The Morgan fingerprint density at radius 1 is 1.12 bits per heavy atom. The second kappa shape index (κ2) is 10.1. The number of hydrogen-bond acceptors (Lipinski definition) is 7. The van der Waals surface area contributed by atoms with Gasteiger partial charge in [-0.1, -0.05) is 29.8 Å². The molecule has 3 rings (SSSR count). The molecule has 0 aliphatic heterocycles. The van der Waals surface area contributed by atoms with E-state index in [9.17, 15) is 18.8 Å². The number of anilines is 2. The first-order valence-electron chi connectivity index (χ1n) is 10.2. The van der Waals surface area contributed by atoms with E-state index < -0.39 is 29.7 Å². The Hall–Kier alpha value is -3.95. The maximum atomic E-state index is 14.4. The highest BCUT2D eigenvalue weighted by atomic mass is 19.1. The van der Waals surface area contributed by atoms with Crippen LogP contribution < -0.4 is 21.4 Å². The Labute approximate surface area is 189 Å². The smallest absolute Gasteiger partial charge is 0.355 e. The van der Waals surface area contributed by atoms with E-state index >= 15 is 0 Å². The fourth-order valence-corrected chi connectivity index (χ4v) is 3.03. The van der Waals surface area contributed by atoms with Crippen LogP contribution in [0.4, 0.5) is 16.0 Å². The molecule has 0 aliphatic rings. The SMILES string of the molecule is COC(=O)Cn1c(=O)nc(Nc2ccc(OC(C)C)c(F)c2)n(Cc2ccc(C)cc2)c1=O. The summed E-state index contributed by atoms with van der Waals surface area (Å²) in [6, 6.07) is 11.6. The Balaban J connectivity index is 2.04. The predicted molar refractivity (Wildman–Crippen MR) is 121 cm³/mol. The molecule has 1 aromatic heterocycles. The van der Waals surface area contributed by atoms with Crippen molar-refractivity contribution in [2.75, 3.05) is 12.4 Å². The Bertz CT molecular complexity index is 1270. The molecule has 0 unspecified atom stereocenters. The van der Waals surface area contributed by atoms with Crippen molar-refractivity contribution in [1.29, 1.82) is 0 Å². The van der Waals surface area contributed by atoms with Crippen LogP contribution in [0.3, 0.4) is 0 Å². The van der Waals surface area contributed by atoms with Crippen molar-refractivity contribution in [2.24, 2.45) is 0 Å². The van der Waals surface area contributed by atoms with Gasteiger partial charge in [-0.15, -0.1) is 0 Å². The van der Waals surface area contributed by atoms with Crippen molar-refractivity contribution in [2.45, 2.75) is 40.0 Å². The van der Waals surface area contributed by atoms with Gasteiger partial charge in [0.05, 0.1) is 19.8 Å². The summed E-state index contributed by atoms with van der Waals surface area (Å²) in [6.07, 6.45) is -0.206. The molecule has 0 amide bonds. The number of hydrogen-bond donors (Lipinski definition) is 1. The second-order valence-electron chi connectivity index (χ2n) is 7.67. The summed E-state index contributed by atoms with van der Waals surface area (Å²) in [4.78, 5) is 41.2. The fourth-order valence-electron chi connectivity index (χ4n) is 3.03. The van der Waals surface area contributed by atoms with E-state index in [1.165, 1.54) is 16.7 Å². The molecule has 3 aromatic rings. The van der Waals surface area contributed by atoms with Crippen molar-refractivity contribution in [3.63, 3.8) is 0 Å². The zero-order chi connectivity index (χ0) is 24.1. The number of aryl methyl sites for hydroxylation is 1. The second-order valence-corrected chi connectivity index (χ2v) is 7.67. The minimum absolute atomic E-state index is 0.0624. The maximum absolute atomic E-state index is 14.4. The van der Waals surface area contributed by atoms with Crippen LogP contribution in [0, 0.1) is 12.7 Å². The molecule has 0 atom stereocenters. The van der Waals surface area contributed by atoms with Crippen molar-refractivity contribution >= 4 is 17.6 Å². The zero-order valence-electron chi connectivity index (χ0n) is 18.8. The molecular formula is C23H25FN4O5. The number of carbonyl (C=O) groups excluding carboxylic acids is 1. The number of esters is 1. The van der Waals surface area contributed by atoms with Gasteiger partial charge in [0.2, 0.25) is 5.95 Å². The van der Waals surface area contributed by atoms with Gasteiger partial charge in [0, 0.05) is 11.8 Å². The molecule has 0 spiro atoms. The van der Waals surface area contributed by atoms with Gasteiger partial charge >= 0.3 is 17.3 Å². The lowest BCUT2D eigenvalue weighted by Crippen LogP contribution is -2.44. The van der Waals surface area contributed by atoms with Gasteiger partial charge in [0.25, 0.3) is 0 Å². The largest absolute Gasteiger partial charge is 0.488 e. The lowest BCUT2D eigenvalue weighted by molar-refractivity contribution is -0.141. The standard InChI is InChI=1S/C23H25FN4O5/c1-14(2)33-19-10-9-17(11-18(19)24)25-21-26-22(30)28(13-20(29)32-4)23(31)27(21)12-16-7-5-15(3)6-8-16/h5-11,14H,12-13H2,1-4H3,(H,25,26,30). The lowest BCUT2D eigenvalue weighted by Gasteiger charge is -2.16. The first-order chi connectivity index (χ1) is 15.7. The highest BCUT2D eigenvalue weighted by molar-refractivity contribution is 5.68. The molecule has 0 bridgehead atoms. The summed E-state index contributed by atoms with van der Waals surface area (Å²) in [6.45, 7) is 4.98. The minimum atomic E-state index is -0.937. The minimum Gasteiger partial charge on any atom is -0.488 e. The molecule has 0 fully saturated rings. The molecule has 0 saturated carbocycles. The van der Waals surface area contributed by atoms with Crippen LogP contribution in [0.1, 0.15) is 25.0 Å². The van der Waals surface area contributed by atoms with Crippen LogP contribution in [-0.2, 0) is 22.6 Å². The van der Waals surface area contributed by atoms with Crippen LogP contribution >= 0.6 is 0 Å². The van der Waals surface area contributed by atoms with Gasteiger partial charge < -0.3 is 14.8 Å². The Morgan fingerprint density at radius 3 is 2.42 bits per heavy atom. The number of aromatic nitrogens is 3. The number of rotatable bonds is 8. The van der Waals surface area contributed by atoms with Crippen molar-refractivity contribution in [3.05, 3.63) is 80.4 Å². The normalized spacial score (nSPS) is 10.8. The Morgan fingerprint density at radius 2 is 1.82 bits per heavy atom. The van der Waals surface area contributed by atoms with Crippen molar-refractivity contribution in [3.8, 4) is 5.75 Å². The molecule has 2 aromatic carbocycles. The predicted octanol–water partition coefficient (Wildman–Crippen LogP) is 2.60. The number of nitrogens with one attached hydrogen (secondary N) is 1. The molecular weight excluding hydrogens is 431 g/mol. The van der Waals surface area contributed by atoms with Gasteiger partial charge in [-0.2, -0.15) is 4.98 Å². The first-order valence-corrected chi connectivity index (χ1v) is 10.2. The molecule has 0 radical (unpaired) electrons. The Kier molecular flexibility index (Phi) is 7.27. The molecule has 33 heavy (non-hydrogen) atoms. The number of halogens is 1. The summed E-state index contributed by atoms with van der Waals surface area (Å²) < 4.78 is 26.3. The molecule has 10 heteroatoms. The van der Waals surface area contributed by atoms with Crippen LogP contribution in [0.2, 0.25) is 0 Å². The number of carbonyl (C=O) groups is 1. The summed E-state index contributed by atoms with van der Waals surface area (Å²) in [5.74, 6) is -1.39. The van der Waals surface area contributed by atoms with Crippen LogP contribution in [0.5, 0.6) is 5.75 Å². The lowest BCUT2D eigenvalue weighted by atomic mass is 10.1. The molecule has 0 saturated heterocycles. The van der Waals surface area contributed by atoms with Crippen LogP contribution in [0.25, 0.3) is 0 Å². The van der Waals surface area contributed by atoms with E-state index in [1.807, 2.05) is 31.2 Å².